The van der Waals surface area contributed by atoms with Crippen LogP contribution in [0.5, 0.6) is 11.5 Å². The quantitative estimate of drug-likeness (QED) is 0.147. The third kappa shape index (κ3) is 9.55. The number of nitrogens with one attached hydrogen (secondary N) is 1. The van der Waals surface area contributed by atoms with Gasteiger partial charge in [0, 0.05) is 30.1 Å². The minimum atomic E-state index is -4.35. The molecule has 0 radical (unpaired) electrons. The predicted molar refractivity (Wildman–Crippen MR) is 194 cm³/mol. The van der Waals surface area contributed by atoms with Crippen molar-refractivity contribution < 1.29 is 27.5 Å². The summed E-state index contributed by atoms with van der Waals surface area (Å²) < 4.78 is 40.9. The van der Waals surface area contributed by atoms with E-state index in [1.807, 2.05) is 64.1 Å². The predicted octanol–water partition coefficient (Wildman–Crippen LogP) is 6.72. The molecule has 49 heavy (non-hydrogen) atoms. The second kappa shape index (κ2) is 16.7. The van der Waals surface area contributed by atoms with Crippen LogP contribution in [0.2, 0.25) is 5.02 Å². The number of benzene rings is 4. The van der Waals surface area contributed by atoms with E-state index in [1.165, 1.54) is 37.3 Å². The second-order valence-electron chi connectivity index (χ2n) is 12.0. The van der Waals surface area contributed by atoms with E-state index in [2.05, 4.69) is 5.32 Å². The van der Waals surface area contributed by atoms with Crippen molar-refractivity contribution in [2.45, 2.75) is 64.1 Å². The lowest BCUT2D eigenvalue weighted by Crippen LogP contribution is -2.54. The zero-order valence-electron chi connectivity index (χ0n) is 28.8. The molecule has 0 aliphatic rings. The molecule has 4 aromatic carbocycles. The van der Waals surface area contributed by atoms with Crippen LogP contribution in [0.15, 0.2) is 95.9 Å². The number of sulfonamides is 1. The fraction of sp³-hybridized carbons (Fsp3) is 0.316. The molecule has 0 heterocycles. The summed E-state index contributed by atoms with van der Waals surface area (Å²) >= 11 is 6.18. The Hall–Kier alpha value is -4.54. The molecule has 0 unspecified atom stereocenters. The fourth-order valence-corrected chi connectivity index (χ4v) is 7.05. The van der Waals surface area contributed by atoms with Gasteiger partial charge in [0.2, 0.25) is 11.8 Å². The largest absolute Gasteiger partial charge is 0.493 e. The first-order chi connectivity index (χ1) is 23.4. The smallest absolute Gasteiger partial charge is 0.264 e. The maximum absolute atomic E-state index is 14.7. The minimum Gasteiger partial charge on any atom is -0.493 e. The first kappa shape index (κ1) is 37.3. The number of nitrogens with zero attached hydrogens (tertiary/aromatic N) is 2. The number of anilines is 1. The number of ether oxygens (including phenoxy) is 2. The van der Waals surface area contributed by atoms with E-state index < -0.39 is 28.5 Å². The van der Waals surface area contributed by atoms with Gasteiger partial charge in [-0.2, -0.15) is 0 Å². The molecule has 2 atom stereocenters. The molecule has 11 heteroatoms. The third-order valence-electron chi connectivity index (χ3n) is 8.25. The zero-order chi connectivity index (χ0) is 35.7. The van der Waals surface area contributed by atoms with Crippen molar-refractivity contribution in [1.29, 1.82) is 0 Å². The van der Waals surface area contributed by atoms with Crippen LogP contribution in [-0.2, 0) is 32.6 Å². The van der Waals surface area contributed by atoms with E-state index in [1.54, 1.807) is 36.4 Å². The maximum Gasteiger partial charge on any atom is 0.264 e. The van der Waals surface area contributed by atoms with Gasteiger partial charge in [0.1, 0.15) is 12.6 Å². The van der Waals surface area contributed by atoms with E-state index in [9.17, 15) is 18.0 Å². The standard InChI is InChI=1S/C38H44ClN3O6S/c1-7-28(4)40-38(44)34(22-29-11-9-8-10-12-29)41(24-30-13-15-31(39)16-14-30)37(43)25-42(32-20-26(2)19-27(3)21-32)49(45,46)33-17-18-35(47-5)36(23-33)48-6/h8-21,23,28,34H,7,22,24-25H2,1-6H3,(H,40,44)/t28-,34-/m1/s1. The lowest BCUT2D eigenvalue weighted by Gasteiger charge is -2.34. The van der Waals surface area contributed by atoms with Gasteiger partial charge in [-0.05, 0) is 85.8 Å². The summed E-state index contributed by atoms with van der Waals surface area (Å²) in [4.78, 5) is 30.1. The van der Waals surface area contributed by atoms with Crippen molar-refractivity contribution >= 4 is 39.1 Å². The van der Waals surface area contributed by atoms with Crippen LogP contribution in [0.4, 0.5) is 5.69 Å². The average Bonchev–Trinajstić information content (AvgIpc) is 3.08. The van der Waals surface area contributed by atoms with Crippen molar-refractivity contribution in [1.82, 2.24) is 10.2 Å². The Morgan fingerprint density at radius 1 is 0.837 bits per heavy atom. The van der Waals surface area contributed by atoms with Crippen molar-refractivity contribution in [2.75, 3.05) is 25.1 Å². The number of amides is 2. The van der Waals surface area contributed by atoms with Gasteiger partial charge in [-0.1, -0.05) is 67.1 Å². The third-order valence-corrected chi connectivity index (χ3v) is 10.3. The van der Waals surface area contributed by atoms with Crippen molar-refractivity contribution in [2.24, 2.45) is 0 Å². The van der Waals surface area contributed by atoms with Crippen LogP contribution >= 0.6 is 11.6 Å². The summed E-state index contributed by atoms with van der Waals surface area (Å²) in [5.74, 6) is -0.301. The van der Waals surface area contributed by atoms with Gasteiger partial charge < -0.3 is 19.7 Å². The van der Waals surface area contributed by atoms with Crippen LogP contribution in [-0.4, -0.2) is 58.0 Å². The summed E-state index contributed by atoms with van der Waals surface area (Å²) in [6.07, 6.45) is 0.910. The number of carbonyl (C=O) groups excluding carboxylic acids is 2. The van der Waals surface area contributed by atoms with Crippen LogP contribution in [0.25, 0.3) is 0 Å². The number of rotatable bonds is 15. The highest BCUT2D eigenvalue weighted by atomic mass is 35.5. The average molecular weight is 706 g/mol. The summed E-state index contributed by atoms with van der Waals surface area (Å²) in [5, 5.41) is 3.57. The van der Waals surface area contributed by atoms with Crippen LogP contribution in [0.1, 0.15) is 42.5 Å². The molecule has 0 spiro atoms. The Bertz CT molecular complexity index is 1830. The summed E-state index contributed by atoms with van der Waals surface area (Å²) in [7, 11) is -1.46. The molecule has 0 aliphatic heterocycles. The van der Waals surface area contributed by atoms with E-state index in [0.717, 1.165) is 26.6 Å². The molecule has 1 N–H and O–H groups in total. The number of carbonyl (C=O) groups is 2. The Morgan fingerprint density at radius 3 is 2.06 bits per heavy atom. The molecule has 0 fully saturated rings. The normalized spacial score (nSPS) is 12.5. The molecule has 2 amide bonds. The first-order valence-corrected chi connectivity index (χ1v) is 17.9. The number of aryl methyl sites for hydroxylation is 2. The topological polar surface area (TPSA) is 105 Å². The number of methoxy groups -OCH3 is 2. The van der Waals surface area contributed by atoms with Gasteiger partial charge in [0.15, 0.2) is 11.5 Å². The SMILES string of the molecule is CC[C@@H](C)NC(=O)[C@@H](Cc1ccccc1)N(Cc1ccc(Cl)cc1)C(=O)CN(c1cc(C)cc(C)c1)S(=O)(=O)c1ccc(OC)c(OC)c1. The molecule has 0 saturated carbocycles. The highest BCUT2D eigenvalue weighted by Crippen LogP contribution is 2.33. The molecule has 4 aromatic rings. The van der Waals surface area contributed by atoms with Gasteiger partial charge in [-0.3, -0.25) is 13.9 Å². The molecular formula is C38H44ClN3O6S. The number of halogens is 1. The van der Waals surface area contributed by atoms with Crippen LogP contribution in [0, 0.1) is 13.8 Å². The summed E-state index contributed by atoms with van der Waals surface area (Å²) in [6.45, 7) is 7.06. The van der Waals surface area contributed by atoms with Gasteiger partial charge in [-0.25, -0.2) is 8.42 Å². The molecule has 0 saturated heterocycles. The first-order valence-electron chi connectivity index (χ1n) is 16.1. The van der Waals surface area contributed by atoms with Crippen LogP contribution in [0.3, 0.4) is 0 Å². The molecule has 0 aliphatic carbocycles. The molecule has 260 valence electrons. The molecule has 9 nitrogen and oxygen atoms in total. The Labute approximate surface area is 294 Å². The fourth-order valence-electron chi connectivity index (χ4n) is 5.51. The van der Waals surface area contributed by atoms with Gasteiger partial charge in [0.05, 0.1) is 24.8 Å². The van der Waals surface area contributed by atoms with E-state index in [4.69, 9.17) is 21.1 Å². The Morgan fingerprint density at radius 2 is 1.47 bits per heavy atom. The van der Waals surface area contributed by atoms with Gasteiger partial charge in [-0.15, -0.1) is 0 Å². The van der Waals surface area contributed by atoms with Crippen LogP contribution < -0.4 is 19.1 Å². The monoisotopic (exact) mass is 705 g/mol. The molecule has 4 rings (SSSR count). The Balaban J connectivity index is 1.85. The lowest BCUT2D eigenvalue weighted by atomic mass is 10.0. The van der Waals surface area contributed by atoms with E-state index >= 15 is 0 Å². The highest BCUT2D eigenvalue weighted by molar-refractivity contribution is 7.92. The van der Waals surface area contributed by atoms with Gasteiger partial charge >= 0.3 is 0 Å². The maximum atomic E-state index is 14.7. The molecule has 0 bridgehead atoms. The van der Waals surface area contributed by atoms with Crippen molar-refractivity contribution in [3.8, 4) is 11.5 Å². The molecule has 0 aromatic heterocycles. The number of hydrogen-bond donors (Lipinski definition) is 1. The number of hydrogen-bond acceptors (Lipinski definition) is 6. The Kier molecular flexibility index (Phi) is 12.7. The second-order valence-corrected chi connectivity index (χ2v) is 14.3. The van der Waals surface area contributed by atoms with Gasteiger partial charge in [0.25, 0.3) is 10.0 Å². The summed E-state index contributed by atoms with van der Waals surface area (Å²) in [5.41, 5.74) is 3.54. The molecular weight excluding hydrogens is 662 g/mol. The summed E-state index contributed by atoms with van der Waals surface area (Å²) in [6, 6.07) is 25.0. The van der Waals surface area contributed by atoms with Crippen molar-refractivity contribution in [3.05, 3.63) is 118 Å². The lowest BCUT2D eigenvalue weighted by molar-refractivity contribution is -0.140. The van der Waals surface area contributed by atoms with Crippen molar-refractivity contribution in [3.63, 3.8) is 0 Å². The minimum absolute atomic E-state index is 0.0402. The van der Waals surface area contributed by atoms with E-state index in [0.29, 0.717) is 22.9 Å². The zero-order valence-corrected chi connectivity index (χ0v) is 30.3. The highest BCUT2D eigenvalue weighted by Gasteiger charge is 2.35. The van der Waals surface area contributed by atoms with E-state index in [-0.39, 0.29) is 35.6 Å².